The lowest BCUT2D eigenvalue weighted by molar-refractivity contribution is -0.193. The second-order valence-electron chi connectivity index (χ2n) is 8.97. The molecule has 3 aromatic rings. The fraction of sp³-hybridized carbons (Fsp3) is 0.320. The van der Waals surface area contributed by atoms with Gasteiger partial charge in [-0.3, -0.25) is 4.57 Å². The minimum Gasteiger partial charge on any atom is -0.488 e. The Morgan fingerprint density at radius 1 is 0.980 bits per heavy atom. The molecule has 0 aliphatic rings. The maximum atomic E-state index is 13.9. The average Bonchev–Trinajstić information content (AvgIpc) is 3.33. The molecule has 0 aliphatic heterocycles. The molecule has 49 heavy (non-hydrogen) atoms. The van der Waals surface area contributed by atoms with Crippen molar-refractivity contribution in [3.8, 4) is 17.6 Å². The molecule has 0 bridgehead atoms. The highest BCUT2D eigenvalue weighted by Crippen LogP contribution is 2.42. The summed E-state index contributed by atoms with van der Waals surface area (Å²) in [5.74, 6) is -5.71. The van der Waals surface area contributed by atoms with E-state index in [0.29, 0.717) is 27.1 Å². The molecule has 2 aromatic carbocycles. The fourth-order valence-corrected chi connectivity index (χ4v) is 7.83. The molecule has 14 nitrogen and oxygen atoms in total. The first-order valence-electron chi connectivity index (χ1n) is 12.8. The van der Waals surface area contributed by atoms with Crippen LogP contribution in [0.15, 0.2) is 34.5 Å². The molecule has 1 unspecified atom stereocenters. The molecule has 0 amide bonds. The number of carboxylic acids is 2. The van der Waals surface area contributed by atoms with Crippen molar-refractivity contribution in [2.24, 2.45) is 11.5 Å². The number of fused-ring (bicyclic) bond motifs is 1. The normalized spacial score (nSPS) is 12.8. The van der Waals surface area contributed by atoms with Crippen LogP contribution in [0, 0.1) is 24.1 Å². The zero-order chi connectivity index (χ0) is 38.0. The van der Waals surface area contributed by atoms with Gasteiger partial charge in [0, 0.05) is 34.5 Å². The predicted octanol–water partition coefficient (Wildman–Crippen LogP) is 2.99. The Bertz CT molecular complexity index is 1820. The molecule has 1 atom stereocenters. The largest absolute Gasteiger partial charge is 0.490 e. The van der Waals surface area contributed by atoms with E-state index in [4.69, 9.17) is 46.0 Å². The molecule has 0 fully saturated rings. The van der Waals surface area contributed by atoms with Crippen molar-refractivity contribution in [3.05, 3.63) is 47.3 Å². The van der Waals surface area contributed by atoms with E-state index in [2.05, 4.69) is 4.72 Å². The van der Waals surface area contributed by atoms with Crippen molar-refractivity contribution < 1.29 is 77.9 Å². The van der Waals surface area contributed by atoms with Crippen molar-refractivity contribution in [2.45, 2.75) is 23.5 Å². The lowest BCUT2D eigenvalue weighted by Gasteiger charge is -2.13. The lowest BCUT2D eigenvalue weighted by Crippen LogP contribution is -2.27. The number of ether oxygens (including phenoxy) is 2. The first-order chi connectivity index (χ1) is 22.4. The van der Waals surface area contributed by atoms with Crippen molar-refractivity contribution in [2.75, 3.05) is 32.6 Å². The molecular weight excluding hydrogens is 744 g/mol. The number of sulfonamides is 1. The topological polar surface area (TPSA) is 252 Å². The maximum absolute atomic E-state index is 13.9. The molecule has 0 radical (unpaired) electrons. The van der Waals surface area contributed by atoms with Crippen molar-refractivity contribution in [1.82, 2.24) is 4.72 Å². The molecule has 0 saturated carbocycles. The summed E-state index contributed by atoms with van der Waals surface area (Å²) < 4.78 is 130. The Hall–Kier alpha value is -4.04. The smallest absolute Gasteiger partial charge is 0.488 e. The number of nitriles is 1. The van der Waals surface area contributed by atoms with Crippen LogP contribution >= 0.6 is 18.7 Å². The summed E-state index contributed by atoms with van der Waals surface area (Å²) in [5.41, 5.74) is 11.1. The van der Waals surface area contributed by atoms with E-state index < -0.39 is 53.8 Å². The molecule has 0 saturated heterocycles. The Kier molecular flexibility index (Phi) is 15.4. The van der Waals surface area contributed by atoms with Crippen LogP contribution < -0.4 is 31.0 Å². The summed E-state index contributed by atoms with van der Waals surface area (Å²) >= 11 is 0.955. The summed E-state index contributed by atoms with van der Waals surface area (Å²) in [4.78, 5) is 28.2. The van der Waals surface area contributed by atoms with Crippen LogP contribution in [0.4, 0.5) is 30.7 Å². The number of nitrogens with one attached hydrogen (secondary N) is 1. The maximum Gasteiger partial charge on any atom is 0.490 e. The highest BCUT2D eigenvalue weighted by Gasteiger charge is 2.39. The van der Waals surface area contributed by atoms with Crippen LogP contribution in [-0.2, 0) is 24.2 Å². The second-order valence-corrected chi connectivity index (χ2v) is 14.2. The molecular formula is C25H26F7N4O10PS2. The first kappa shape index (κ1) is 43.0. The predicted molar refractivity (Wildman–Crippen MR) is 159 cm³/mol. The number of alkyl halides is 6. The number of benzene rings is 2. The van der Waals surface area contributed by atoms with Gasteiger partial charge in [0.25, 0.3) is 10.0 Å². The van der Waals surface area contributed by atoms with Crippen LogP contribution in [0.1, 0.15) is 11.1 Å². The molecule has 3 rings (SSSR count). The monoisotopic (exact) mass is 770 g/mol. The number of hydrogen-bond donors (Lipinski definition) is 6. The number of carboxylic acid groups (broad SMARTS) is 2. The van der Waals surface area contributed by atoms with Gasteiger partial charge in [0.1, 0.15) is 29.3 Å². The molecule has 1 aromatic heterocycles. The van der Waals surface area contributed by atoms with Crippen molar-refractivity contribution in [3.63, 3.8) is 0 Å². The summed E-state index contributed by atoms with van der Waals surface area (Å²) in [5, 5.41) is 23.4. The number of halogens is 7. The number of hydrogen-bond acceptors (Lipinski definition) is 11. The quantitative estimate of drug-likeness (QED) is 0.121. The van der Waals surface area contributed by atoms with E-state index in [1.807, 2.05) is 0 Å². The number of thiophene rings is 1. The fourth-order valence-electron chi connectivity index (χ4n) is 3.17. The van der Waals surface area contributed by atoms with Crippen molar-refractivity contribution >= 4 is 56.1 Å². The Balaban J connectivity index is 0.000000717. The van der Waals surface area contributed by atoms with E-state index in [9.17, 15) is 48.6 Å². The molecule has 1 heterocycles. The van der Waals surface area contributed by atoms with Crippen LogP contribution in [-0.4, -0.2) is 80.4 Å². The molecule has 24 heteroatoms. The highest BCUT2D eigenvalue weighted by molar-refractivity contribution is 7.92. The molecule has 8 N–H and O–H groups in total. The van der Waals surface area contributed by atoms with E-state index in [1.54, 1.807) is 25.1 Å². The number of nitrogens with zero attached hydrogens (tertiary/aromatic N) is 1. The number of nitrogens with two attached hydrogens (primary N) is 2. The number of aliphatic carboxylic acids is 2. The summed E-state index contributed by atoms with van der Waals surface area (Å²) in [6, 6.07) is 7.84. The van der Waals surface area contributed by atoms with Gasteiger partial charge in [0.2, 0.25) is 7.37 Å². The summed E-state index contributed by atoms with van der Waals surface area (Å²) in [7, 11) is -8.52. The Morgan fingerprint density at radius 3 is 1.86 bits per heavy atom. The van der Waals surface area contributed by atoms with Crippen LogP contribution in [0.3, 0.4) is 0 Å². The Morgan fingerprint density at radius 2 is 1.45 bits per heavy atom. The van der Waals surface area contributed by atoms with Crippen molar-refractivity contribution in [1.29, 1.82) is 5.26 Å². The average molecular weight is 771 g/mol. The highest BCUT2D eigenvalue weighted by atomic mass is 32.2. The number of aryl methyl sites for hydroxylation is 1. The number of carbonyl (C=O) groups is 2. The summed E-state index contributed by atoms with van der Waals surface area (Å²) in [6.45, 7) is 2.59. The third kappa shape index (κ3) is 12.7. The van der Waals surface area contributed by atoms with Gasteiger partial charge in [-0.15, -0.1) is 11.3 Å². The van der Waals surface area contributed by atoms with Gasteiger partial charge in [-0.05, 0) is 36.8 Å². The van der Waals surface area contributed by atoms with Gasteiger partial charge < -0.3 is 36.0 Å². The second kappa shape index (κ2) is 17.6. The first-order valence-corrected chi connectivity index (χ1v) is 16.9. The summed E-state index contributed by atoms with van der Waals surface area (Å²) in [6.07, 6.45) is -11.0. The minimum atomic E-state index is -5.08. The van der Waals surface area contributed by atoms with Crippen LogP contribution in [0.2, 0.25) is 0 Å². The SMILES string of the molecule is Cc1c(S(=O)(=O)NCP(=O)(O)c2ccc(C#N)c(F)c2)sc2cc(OCCN)c(OCCN)cc12.O=C(O)C(F)(F)F.O=C(O)C(F)(F)F. The van der Waals surface area contributed by atoms with Gasteiger partial charge in [0.05, 0.1) is 11.8 Å². The Labute approximate surface area is 276 Å². The van der Waals surface area contributed by atoms with E-state index in [-0.39, 0.29) is 41.4 Å². The van der Waals surface area contributed by atoms with Gasteiger partial charge in [0.15, 0.2) is 11.5 Å². The number of rotatable bonds is 11. The molecule has 0 aliphatic carbocycles. The van der Waals surface area contributed by atoms with Gasteiger partial charge in [-0.25, -0.2) is 27.1 Å². The van der Waals surface area contributed by atoms with Gasteiger partial charge in [-0.1, -0.05) is 0 Å². The molecule has 272 valence electrons. The zero-order valence-electron chi connectivity index (χ0n) is 24.6. The zero-order valence-corrected chi connectivity index (χ0v) is 27.2. The third-order valence-corrected chi connectivity index (χ3v) is 10.5. The van der Waals surface area contributed by atoms with Crippen LogP contribution in [0.5, 0.6) is 11.5 Å². The lowest BCUT2D eigenvalue weighted by atomic mass is 10.2. The van der Waals surface area contributed by atoms with E-state index >= 15 is 0 Å². The standard InChI is InChI=1S/C21H24FN4O6PS2.2C2HF3O2/c1-13-16-9-18(31-6-4-23)19(32-7-5-24)10-20(16)34-21(13)35(29,30)26-12-33(27,28)15-3-2-14(11-25)17(22)8-15;2*3-2(4,5)1(6)7/h2-3,8-10,26H,4-7,12,23-24H2,1H3,(H,27,28);2*(H,6,7). The third-order valence-electron chi connectivity index (χ3n) is 5.38. The molecule has 0 spiro atoms. The van der Waals surface area contributed by atoms with E-state index in [1.165, 1.54) is 0 Å². The van der Waals surface area contributed by atoms with Crippen LogP contribution in [0.25, 0.3) is 10.1 Å². The van der Waals surface area contributed by atoms with Gasteiger partial charge in [-0.2, -0.15) is 31.6 Å². The minimum absolute atomic E-state index is 0.0562. The van der Waals surface area contributed by atoms with Gasteiger partial charge >= 0.3 is 24.3 Å². The van der Waals surface area contributed by atoms with E-state index in [0.717, 1.165) is 29.5 Å².